The minimum Gasteiger partial charge on any atom is -0.331 e. The molecule has 36 heavy (non-hydrogen) atoms. The molecule has 1 aromatic heterocycles. The summed E-state index contributed by atoms with van der Waals surface area (Å²) in [6.45, 7) is 2.02. The van der Waals surface area contributed by atoms with Crippen molar-refractivity contribution in [2.45, 2.75) is 44.3 Å². The van der Waals surface area contributed by atoms with Gasteiger partial charge < -0.3 is 9.80 Å². The van der Waals surface area contributed by atoms with E-state index >= 15 is 4.39 Å². The fourth-order valence-electron chi connectivity index (χ4n) is 5.21. The fraction of sp³-hybridized carbons (Fsp3) is 0.321. The van der Waals surface area contributed by atoms with Gasteiger partial charge in [0.15, 0.2) is 0 Å². The van der Waals surface area contributed by atoms with Crippen molar-refractivity contribution in [3.05, 3.63) is 83.4 Å². The zero-order valence-corrected chi connectivity index (χ0v) is 19.8. The van der Waals surface area contributed by atoms with E-state index in [2.05, 4.69) is 20.3 Å². The number of carbonyl (C=O) groups excluding carboxylic acids is 1. The SMILES string of the molecule is O=C(c1ccc(F)cc1)N(Cc1cc(-c2ccc3n[nH]nc3c2)ccc1F)C1CCN(C2CC2)CC1. The van der Waals surface area contributed by atoms with Gasteiger partial charge in [-0.15, -0.1) is 0 Å². The number of halogens is 2. The van der Waals surface area contributed by atoms with Crippen molar-refractivity contribution in [3.63, 3.8) is 0 Å². The lowest BCUT2D eigenvalue weighted by Crippen LogP contribution is -2.47. The molecule has 4 aromatic rings. The number of benzene rings is 3. The highest BCUT2D eigenvalue weighted by Crippen LogP contribution is 2.32. The maximum Gasteiger partial charge on any atom is 0.254 e. The quantitative estimate of drug-likeness (QED) is 0.408. The predicted molar refractivity (Wildman–Crippen MR) is 133 cm³/mol. The van der Waals surface area contributed by atoms with E-state index in [0.29, 0.717) is 17.2 Å². The van der Waals surface area contributed by atoms with Crippen molar-refractivity contribution < 1.29 is 13.6 Å². The molecule has 2 fully saturated rings. The monoisotopic (exact) mass is 487 g/mol. The minimum atomic E-state index is -0.390. The molecule has 2 heterocycles. The Balaban J connectivity index is 1.30. The molecule has 0 bridgehead atoms. The molecular weight excluding hydrogens is 460 g/mol. The van der Waals surface area contributed by atoms with E-state index in [1.165, 1.54) is 43.2 Å². The minimum absolute atomic E-state index is 0.00732. The van der Waals surface area contributed by atoms with Crippen molar-refractivity contribution in [2.24, 2.45) is 0 Å². The summed E-state index contributed by atoms with van der Waals surface area (Å²) in [4.78, 5) is 17.9. The normalized spacial score (nSPS) is 16.9. The molecule has 2 aliphatic rings. The molecule has 1 saturated carbocycles. The van der Waals surface area contributed by atoms with E-state index in [-0.39, 0.29) is 24.3 Å². The highest BCUT2D eigenvalue weighted by Gasteiger charge is 2.35. The molecule has 1 amide bonds. The number of aromatic nitrogens is 3. The second-order valence-electron chi connectivity index (χ2n) is 9.77. The van der Waals surface area contributed by atoms with Crippen LogP contribution in [0.5, 0.6) is 0 Å². The molecule has 1 saturated heterocycles. The molecule has 184 valence electrons. The Labute approximate surface area is 207 Å². The third kappa shape index (κ3) is 4.60. The van der Waals surface area contributed by atoms with Gasteiger partial charge in [-0.2, -0.15) is 15.4 Å². The van der Waals surface area contributed by atoms with Crippen LogP contribution in [0.3, 0.4) is 0 Å². The van der Waals surface area contributed by atoms with Crippen molar-refractivity contribution in [1.82, 2.24) is 25.2 Å². The number of hydrogen-bond donors (Lipinski definition) is 1. The first-order valence-electron chi connectivity index (χ1n) is 12.4. The van der Waals surface area contributed by atoms with Gasteiger partial charge in [-0.1, -0.05) is 12.1 Å². The van der Waals surface area contributed by atoms with Gasteiger partial charge in [-0.3, -0.25) is 4.79 Å². The van der Waals surface area contributed by atoms with Gasteiger partial charge in [-0.25, -0.2) is 8.78 Å². The molecule has 0 unspecified atom stereocenters. The summed E-state index contributed by atoms with van der Waals surface area (Å²) >= 11 is 0. The van der Waals surface area contributed by atoms with E-state index in [1.54, 1.807) is 17.0 Å². The number of nitrogens with one attached hydrogen (secondary N) is 1. The number of piperidine rings is 1. The number of amides is 1. The first-order chi connectivity index (χ1) is 17.5. The standard InChI is InChI=1S/C28H27F2N5O/c29-22-5-1-18(2-6-22)28(36)35(24-11-13-34(14-12-24)23-7-8-23)17-21-15-19(3-9-25(21)30)20-4-10-26-27(16-20)32-33-31-26/h1-6,9-10,15-16,23-24H,7-8,11-14,17H2,(H,31,32,33). The van der Waals surface area contributed by atoms with Crippen molar-refractivity contribution in [3.8, 4) is 11.1 Å². The van der Waals surface area contributed by atoms with Gasteiger partial charge in [0.2, 0.25) is 0 Å². The Hall–Kier alpha value is -3.65. The molecule has 0 spiro atoms. The summed E-state index contributed by atoms with van der Waals surface area (Å²) in [5, 5.41) is 10.8. The average Bonchev–Trinajstić information content (AvgIpc) is 3.65. The van der Waals surface area contributed by atoms with Crippen molar-refractivity contribution in [2.75, 3.05) is 13.1 Å². The first kappa shape index (κ1) is 22.8. The van der Waals surface area contributed by atoms with Gasteiger partial charge in [0.25, 0.3) is 5.91 Å². The Morgan fingerprint density at radius 3 is 2.33 bits per heavy atom. The molecule has 0 atom stereocenters. The van der Waals surface area contributed by atoms with Crippen LogP contribution in [0.2, 0.25) is 0 Å². The summed E-state index contributed by atoms with van der Waals surface area (Å²) in [5.41, 5.74) is 4.09. The van der Waals surface area contributed by atoms with E-state index in [1.807, 2.05) is 18.2 Å². The summed E-state index contributed by atoms with van der Waals surface area (Å²) in [7, 11) is 0. The van der Waals surface area contributed by atoms with Crippen molar-refractivity contribution >= 4 is 16.9 Å². The molecule has 1 N–H and O–H groups in total. The van der Waals surface area contributed by atoms with E-state index in [4.69, 9.17) is 0 Å². The maximum absolute atomic E-state index is 15.1. The Kier molecular flexibility index (Phi) is 5.97. The van der Waals surface area contributed by atoms with Crippen LogP contribution in [-0.2, 0) is 6.54 Å². The predicted octanol–water partition coefficient (Wildman–Crippen LogP) is 5.17. The van der Waals surface area contributed by atoms with Crippen LogP contribution < -0.4 is 0 Å². The number of aromatic amines is 1. The molecule has 0 radical (unpaired) electrons. The Bertz CT molecular complexity index is 1390. The third-order valence-corrected chi connectivity index (χ3v) is 7.39. The van der Waals surface area contributed by atoms with E-state index < -0.39 is 5.82 Å². The number of nitrogens with zero attached hydrogens (tertiary/aromatic N) is 4. The highest BCUT2D eigenvalue weighted by atomic mass is 19.1. The van der Waals surface area contributed by atoms with Gasteiger partial charge in [0.05, 0.1) is 0 Å². The summed E-state index contributed by atoms with van der Waals surface area (Å²) in [5.74, 6) is -0.944. The summed E-state index contributed by atoms with van der Waals surface area (Å²) in [6, 6.07) is 17.0. The molecule has 6 rings (SSSR count). The largest absolute Gasteiger partial charge is 0.331 e. The summed E-state index contributed by atoms with van der Waals surface area (Å²) in [6.07, 6.45) is 4.18. The number of likely N-dealkylation sites (tertiary alicyclic amines) is 1. The fourth-order valence-corrected chi connectivity index (χ4v) is 5.21. The second kappa shape index (κ2) is 9.43. The van der Waals surface area contributed by atoms with Gasteiger partial charge >= 0.3 is 0 Å². The van der Waals surface area contributed by atoms with Crippen LogP contribution in [0, 0.1) is 11.6 Å². The van der Waals surface area contributed by atoms with Crippen LogP contribution in [0.15, 0.2) is 60.7 Å². The topological polar surface area (TPSA) is 65.1 Å². The maximum atomic E-state index is 15.1. The van der Waals surface area contributed by atoms with Gasteiger partial charge in [-0.05, 0) is 85.3 Å². The van der Waals surface area contributed by atoms with Crippen LogP contribution in [0.25, 0.3) is 22.2 Å². The molecule has 3 aromatic carbocycles. The number of carbonyl (C=O) groups is 1. The molecule has 1 aliphatic carbocycles. The second-order valence-corrected chi connectivity index (χ2v) is 9.77. The van der Waals surface area contributed by atoms with Crippen LogP contribution in [0.4, 0.5) is 8.78 Å². The van der Waals surface area contributed by atoms with Crippen LogP contribution in [0.1, 0.15) is 41.6 Å². The smallest absolute Gasteiger partial charge is 0.254 e. The lowest BCUT2D eigenvalue weighted by Gasteiger charge is -2.39. The summed E-state index contributed by atoms with van der Waals surface area (Å²) < 4.78 is 28.6. The lowest BCUT2D eigenvalue weighted by atomic mass is 9.98. The molecule has 8 heteroatoms. The van der Waals surface area contributed by atoms with Crippen LogP contribution in [-0.4, -0.2) is 56.3 Å². The number of hydrogen-bond acceptors (Lipinski definition) is 4. The Morgan fingerprint density at radius 2 is 1.58 bits per heavy atom. The number of H-pyrrole nitrogens is 1. The zero-order chi connectivity index (χ0) is 24.6. The van der Waals surface area contributed by atoms with Gasteiger partial charge in [0, 0.05) is 42.8 Å². The highest BCUT2D eigenvalue weighted by molar-refractivity contribution is 5.94. The van der Waals surface area contributed by atoms with Gasteiger partial charge in [0.1, 0.15) is 22.7 Å². The number of fused-ring (bicyclic) bond motifs is 1. The van der Waals surface area contributed by atoms with E-state index in [0.717, 1.165) is 48.1 Å². The van der Waals surface area contributed by atoms with Crippen molar-refractivity contribution in [1.29, 1.82) is 0 Å². The molecular formula is C28H27F2N5O. The van der Waals surface area contributed by atoms with Crippen LogP contribution >= 0.6 is 0 Å². The third-order valence-electron chi connectivity index (χ3n) is 7.39. The lowest BCUT2D eigenvalue weighted by molar-refractivity contribution is 0.0540. The van der Waals surface area contributed by atoms with E-state index in [9.17, 15) is 9.18 Å². The Morgan fingerprint density at radius 1 is 0.889 bits per heavy atom. The number of rotatable bonds is 6. The average molecular weight is 488 g/mol. The molecule has 6 nitrogen and oxygen atoms in total. The first-order valence-corrected chi connectivity index (χ1v) is 12.4. The zero-order valence-electron chi connectivity index (χ0n) is 19.8. The molecule has 1 aliphatic heterocycles.